The van der Waals surface area contributed by atoms with Gasteiger partial charge in [0.15, 0.2) is 0 Å². The molecule has 2 nitrogen and oxygen atoms in total. The van der Waals surface area contributed by atoms with Crippen molar-refractivity contribution in [3.63, 3.8) is 0 Å². The average Bonchev–Trinajstić information content (AvgIpc) is 2.61. The first-order valence-corrected chi connectivity index (χ1v) is 4.77. The smallest absolute Gasteiger partial charge is 0.134 e. The van der Waals surface area contributed by atoms with Crippen molar-refractivity contribution in [1.82, 2.24) is 0 Å². The zero-order valence-corrected chi connectivity index (χ0v) is 8.54. The van der Waals surface area contributed by atoms with Crippen LogP contribution in [0.3, 0.4) is 0 Å². The van der Waals surface area contributed by atoms with Crippen LogP contribution >= 0.6 is 12.2 Å². The van der Waals surface area contributed by atoms with Crippen molar-refractivity contribution in [1.29, 1.82) is 0 Å². The summed E-state index contributed by atoms with van der Waals surface area (Å²) < 4.78 is 5.60. The minimum absolute atomic E-state index is 0.0556. The van der Waals surface area contributed by atoms with Crippen LogP contribution in [0.15, 0.2) is 39.7 Å². The Hall–Kier alpha value is -1.44. The van der Waals surface area contributed by atoms with E-state index < -0.39 is 0 Å². The van der Waals surface area contributed by atoms with E-state index in [2.05, 4.69) is 22.4 Å². The Labute approximate surface area is 87.3 Å². The summed E-state index contributed by atoms with van der Waals surface area (Å²) in [5.41, 5.74) is 0.883. The average molecular weight is 203 g/mol. The molecule has 3 heteroatoms. The summed E-state index contributed by atoms with van der Waals surface area (Å²) in [5.74, 6) is 0.823. The van der Waals surface area contributed by atoms with Crippen LogP contribution in [0.4, 0.5) is 0 Å². The van der Waals surface area contributed by atoms with Gasteiger partial charge in [-0.3, -0.25) is 0 Å². The van der Waals surface area contributed by atoms with Crippen molar-refractivity contribution in [2.45, 2.75) is 13.0 Å². The molecule has 0 aliphatic carbocycles. The molecule has 14 heavy (non-hydrogen) atoms. The molecule has 1 heterocycles. The standard InChI is InChI=1S/C11H9NOS/c1-8(12-7-14)11-6-9-4-2-3-5-10(9)13-11/h2-6,8H,1H3. The number of benzene rings is 1. The van der Waals surface area contributed by atoms with E-state index in [1.54, 1.807) is 0 Å². The highest BCUT2D eigenvalue weighted by Gasteiger charge is 2.08. The molecule has 0 aliphatic heterocycles. The van der Waals surface area contributed by atoms with Crippen molar-refractivity contribution in [3.8, 4) is 0 Å². The molecular weight excluding hydrogens is 194 g/mol. The number of fused-ring (bicyclic) bond motifs is 1. The summed E-state index contributed by atoms with van der Waals surface area (Å²) in [6.45, 7) is 1.93. The van der Waals surface area contributed by atoms with Crippen LogP contribution in [-0.2, 0) is 0 Å². The first-order valence-electron chi connectivity index (χ1n) is 4.36. The summed E-state index contributed by atoms with van der Waals surface area (Å²) in [5, 5.41) is 3.45. The van der Waals surface area contributed by atoms with Crippen LogP contribution in [0.1, 0.15) is 18.7 Å². The second-order valence-corrected chi connectivity index (χ2v) is 3.27. The number of hydrogen-bond acceptors (Lipinski definition) is 3. The third kappa shape index (κ3) is 1.60. The molecule has 0 spiro atoms. The molecule has 0 bridgehead atoms. The number of furan rings is 1. The first-order chi connectivity index (χ1) is 6.81. The van der Waals surface area contributed by atoms with E-state index in [0.717, 1.165) is 16.7 Å². The van der Waals surface area contributed by atoms with Crippen LogP contribution in [0.2, 0.25) is 0 Å². The highest BCUT2D eigenvalue weighted by atomic mass is 32.1. The number of isothiocyanates is 1. The van der Waals surface area contributed by atoms with Crippen LogP contribution in [0.5, 0.6) is 0 Å². The molecule has 0 radical (unpaired) electrons. The largest absolute Gasteiger partial charge is 0.459 e. The highest BCUT2D eigenvalue weighted by Crippen LogP contribution is 2.25. The molecule has 0 saturated carbocycles. The van der Waals surface area contributed by atoms with Gasteiger partial charge in [-0.25, -0.2) is 4.99 Å². The summed E-state index contributed by atoms with van der Waals surface area (Å²) in [7, 11) is 0. The molecule has 0 amide bonds. The molecule has 1 aromatic heterocycles. The molecule has 70 valence electrons. The third-order valence-corrected chi connectivity index (χ3v) is 2.21. The van der Waals surface area contributed by atoms with Gasteiger partial charge in [0.1, 0.15) is 17.4 Å². The minimum Gasteiger partial charge on any atom is -0.459 e. The Balaban J connectivity index is 2.49. The fourth-order valence-corrected chi connectivity index (χ4v) is 1.51. The van der Waals surface area contributed by atoms with Gasteiger partial charge < -0.3 is 4.42 Å². The Bertz CT molecular complexity index is 464. The van der Waals surface area contributed by atoms with Gasteiger partial charge in [0.25, 0.3) is 0 Å². The molecule has 0 aliphatic rings. The molecule has 2 rings (SSSR count). The highest BCUT2D eigenvalue weighted by molar-refractivity contribution is 7.78. The van der Waals surface area contributed by atoms with Crippen LogP contribution in [-0.4, -0.2) is 5.16 Å². The molecule has 0 saturated heterocycles. The normalized spacial score (nSPS) is 12.4. The number of rotatable bonds is 2. The Morgan fingerprint density at radius 2 is 2.21 bits per heavy atom. The van der Waals surface area contributed by atoms with E-state index in [4.69, 9.17) is 4.42 Å². The van der Waals surface area contributed by atoms with E-state index in [1.165, 1.54) is 0 Å². The van der Waals surface area contributed by atoms with Crippen molar-refractivity contribution in [3.05, 3.63) is 36.1 Å². The number of para-hydroxylation sites is 1. The van der Waals surface area contributed by atoms with Gasteiger partial charge >= 0.3 is 0 Å². The van der Waals surface area contributed by atoms with Crippen molar-refractivity contribution in [2.75, 3.05) is 0 Å². The van der Waals surface area contributed by atoms with Gasteiger partial charge in [0.2, 0.25) is 0 Å². The monoisotopic (exact) mass is 203 g/mol. The number of nitrogens with zero attached hydrogens (tertiary/aromatic N) is 1. The summed E-state index contributed by atoms with van der Waals surface area (Å²) in [6, 6.07) is 9.80. The van der Waals surface area contributed by atoms with Crippen LogP contribution in [0, 0.1) is 0 Å². The second-order valence-electron chi connectivity index (χ2n) is 3.08. The zero-order valence-electron chi connectivity index (χ0n) is 7.73. The van der Waals surface area contributed by atoms with Crippen molar-refractivity contribution >= 4 is 28.3 Å². The molecule has 2 aromatic rings. The van der Waals surface area contributed by atoms with Crippen LogP contribution in [0.25, 0.3) is 11.0 Å². The van der Waals surface area contributed by atoms with Crippen molar-refractivity contribution < 1.29 is 4.42 Å². The van der Waals surface area contributed by atoms with Gasteiger partial charge in [-0.05, 0) is 31.3 Å². The van der Waals surface area contributed by atoms with Gasteiger partial charge in [-0.1, -0.05) is 18.2 Å². The van der Waals surface area contributed by atoms with E-state index >= 15 is 0 Å². The van der Waals surface area contributed by atoms with Gasteiger partial charge in [-0.2, -0.15) is 0 Å². The lowest BCUT2D eigenvalue weighted by atomic mass is 10.2. The summed E-state index contributed by atoms with van der Waals surface area (Å²) in [6.07, 6.45) is 0. The lowest BCUT2D eigenvalue weighted by Gasteiger charge is -1.96. The number of thiocarbonyl (C=S) groups is 1. The van der Waals surface area contributed by atoms with Crippen molar-refractivity contribution in [2.24, 2.45) is 4.99 Å². The fourth-order valence-electron chi connectivity index (χ4n) is 1.35. The third-order valence-electron chi connectivity index (χ3n) is 2.10. The molecule has 0 fully saturated rings. The zero-order chi connectivity index (χ0) is 9.97. The summed E-state index contributed by atoms with van der Waals surface area (Å²) in [4.78, 5) is 3.96. The number of aliphatic imine (C=N–C) groups is 1. The maximum absolute atomic E-state index is 5.60. The number of hydrogen-bond donors (Lipinski definition) is 0. The van der Waals surface area contributed by atoms with E-state index in [0.29, 0.717) is 0 Å². The molecule has 0 N–H and O–H groups in total. The predicted molar refractivity (Wildman–Crippen MR) is 59.7 cm³/mol. The maximum atomic E-state index is 5.60. The lowest BCUT2D eigenvalue weighted by Crippen LogP contribution is -1.83. The molecule has 1 unspecified atom stereocenters. The van der Waals surface area contributed by atoms with Gasteiger partial charge in [0.05, 0.1) is 5.16 Å². The van der Waals surface area contributed by atoms with Gasteiger partial charge in [-0.15, -0.1) is 0 Å². The molecule has 1 atom stereocenters. The predicted octanol–water partition coefficient (Wildman–Crippen LogP) is 3.60. The van der Waals surface area contributed by atoms with Crippen LogP contribution < -0.4 is 0 Å². The molecule has 1 aromatic carbocycles. The Morgan fingerprint density at radius 3 is 2.93 bits per heavy atom. The topological polar surface area (TPSA) is 25.5 Å². The van der Waals surface area contributed by atoms with Gasteiger partial charge in [0, 0.05) is 5.39 Å². The minimum atomic E-state index is -0.0556. The fraction of sp³-hybridized carbons (Fsp3) is 0.182. The van der Waals surface area contributed by atoms with E-state index in [9.17, 15) is 0 Å². The quantitative estimate of drug-likeness (QED) is 0.550. The van der Waals surface area contributed by atoms with E-state index in [-0.39, 0.29) is 6.04 Å². The second kappa shape index (κ2) is 3.74. The lowest BCUT2D eigenvalue weighted by molar-refractivity contribution is 0.515. The maximum Gasteiger partial charge on any atom is 0.134 e. The molecular formula is C11H9NOS. The SMILES string of the molecule is CC(N=C=S)c1cc2ccccc2o1. The van der Waals surface area contributed by atoms with E-state index in [1.807, 2.05) is 37.3 Å². The first kappa shape index (κ1) is 9.13. The Morgan fingerprint density at radius 1 is 1.43 bits per heavy atom. The summed E-state index contributed by atoms with van der Waals surface area (Å²) >= 11 is 4.55. The Kier molecular flexibility index (Phi) is 2.44.